The molecule has 1 aromatic rings. The van der Waals surface area contributed by atoms with Crippen molar-refractivity contribution in [3.05, 3.63) is 29.8 Å². The molecule has 1 unspecified atom stereocenters. The Morgan fingerprint density at radius 1 is 1.50 bits per heavy atom. The summed E-state index contributed by atoms with van der Waals surface area (Å²) in [7, 11) is 0. The maximum atomic E-state index is 11.2. The van der Waals surface area contributed by atoms with E-state index in [9.17, 15) is 9.90 Å². The molecule has 0 saturated heterocycles. The number of benzene rings is 1. The van der Waals surface area contributed by atoms with Gasteiger partial charge in [-0.25, -0.2) is 0 Å². The average Bonchev–Trinajstić information content (AvgIpc) is 2.38. The van der Waals surface area contributed by atoms with Crippen LogP contribution in [0.5, 0.6) is 0 Å². The Bertz CT molecular complexity index is 479. The molecule has 0 saturated carbocycles. The van der Waals surface area contributed by atoms with E-state index in [1.54, 1.807) is 0 Å². The molecule has 4 heteroatoms. The van der Waals surface area contributed by atoms with Crippen LogP contribution in [-0.4, -0.2) is 24.2 Å². The van der Waals surface area contributed by atoms with E-state index in [1.807, 2.05) is 24.3 Å². The second kappa shape index (κ2) is 5.54. The molecule has 0 bridgehead atoms. The minimum absolute atomic E-state index is 0.345. The van der Waals surface area contributed by atoms with Crippen LogP contribution in [-0.2, 0) is 11.2 Å². The van der Waals surface area contributed by atoms with Crippen molar-refractivity contribution >= 4 is 11.7 Å². The summed E-state index contributed by atoms with van der Waals surface area (Å²) in [6.07, 6.45) is 1.88. The topological polar surface area (TPSA) is 64.3 Å². The van der Waals surface area contributed by atoms with Gasteiger partial charge >= 0.3 is 5.97 Å². The van der Waals surface area contributed by atoms with Crippen molar-refractivity contribution in [2.75, 3.05) is 18.0 Å². The highest BCUT2D eigenvalue weighted by atomic mass is 16.4. The Balaban J connectivity index is 2.17. The van der Waals surface area contributed by atoms with E-state index in [2.05, 4.69) is 11.0 Å². The summed E-state index contributed by atoms with van der Waals surface area (Å²) in [4.78, 5) is 13.3. The Morgan fingerprint density at radius 2 is 2.28 bits per heavy atom. The van der Waals surface area contributed by atoms with Crippen LogP contribution in [0.4, 0.5) is 5.69 Å². The van der Waals surface area contributed by atoms with Gasteiger partial charge in [-0.1, -0.05) is 18.2 Å². The highest BCUT2D eigenvalue weighted by molar-refractivity contribution is 5.73. The molecule has 1 aromatic carbocycles. The maximum Gasteiger partial charge on any atom is 0.308 e. The molecular formula is C14H16N2O2. The van der Waals surface area contributed by atoms with E-state index in [0.717, 1.165) is 24.2 Å². The van der Waals surface area contributed by atoms with E-state index >= 15 is 0 Å². The second-order valence-electron chi connectivity index (χ2n) is 4.58. The standard InChI is InChI=1S/C14H16N2O2/c15-7-3-4-8-16-10-12(14(17)18)9-11-5-1-2-6-13(11)16/h1-2,5-6,12H,3-4,8-10H2,(H,17,18). The molecule has 0 radical (unpaired) electrons. The number of rotatable bonds is 4. The zero-order chi connectivity index (χ0) is 13.0. The average molecular weight is 244 g/mol. The Labute approximate surface area is 106 Å². The van der Waals surface area contributed by atoms with E-state index in [4.69, 9.17) is 5.26 Å². The number of aliphatic carboxylic acids is 1. The fourth-order valence-electron chi connectivity index (χ4n) is 2.41. The lowest BCUT2D eigenvalue weighted by Crippen LogP contribution is -2.39. The molecule has 18 heavy (non-hydrogen) atoms. The smallest absolute Gasteiger partial charge is 0.308 e. The number of carboxylic acids is 1. The fraction of sp³-hybridized carbons (Fsp3) is 0.429. The lowest BCUT2D eigenvalue weighted by atomic mass is 9.92. The minimum atomic E-state index is -0.741. The van der Waals surface area contributed by atoms with Crippen molar-refractivity contribution in [3.8, 4) is 6.07 Å². The van der Waals surface area contributed by atoms with Crippen LogP contribution in [0, 0.1) is 17.2 Å². The number of para-hydroxylation sites is 1. The number of nitriles is 1. The quantitative estimate of drug-likeness (QED) is 0.823. The predicted octanol–water partition coefficient (Wildman–Crippen LogP) is 2.05. The summed E-state index contributed by atoms with van der Waals surface area (Å²) in [5.74, 6) is -1.09. The van der Waals surface area contributed by atoms with Crippen molar-refractivity contribution in [2.45, 2.75) is 19.3 Å². The Morgan fingerprint density at radius 3 is 3.00 bits per heavy atom. The molecule has 0 aromatic heterocycles. The largest absolute Gasteiger partial charge is 0.481 e. The summed E-state index contributed by atoms with van der Waals surface area (Å²) in [6.45, 7) is 1.28. The summed E-state index contributed by atoms with van der Waals surface area (Å²) in [5.41, 5.74) is 2.21. The van der Waals surface area contributed by atoms with Crippen molar-refractivity contribution in [1.29, 1.82) is 5.26 Å². The Hall–Kier alpha value is -2.02. The van der Waals surface area contributed by atoms with Gasteiger partial charge in [-0.05, 0) is 24.5 Å². The first-order valence-corrected chi connectivity index (χ1v) is 6.15. The highest BCUT2D eigenvalue weighted by Gasteiger charge is 2.28. The molecule has 2 rings (SSSR count). The number of unbranched alkanes of at least 4 members (excludes halogenated alkanes) is 1. The van der Waals surface area contributed by atoms with E-state index < -0.39 is 5.97 Å². The first kappa shape index (κ1) is 12.4. The third-order valence-corrected chi connectivity index (χ3v) is 3.31. The first-order valence-electron chi connectivity index (χ1n) is 6.15. The monoisotopic (exact) mass is 244 g/mol. The molecule has 0 fully saturated rings. The number of carbonyl (C=O) groups is 1. The normalized spacial score (nSPS) is 17.9. The molecule has 1 aliphatic rings. The lowest BCUT2D eigenvalue weighted by Gasteiger charge is -2.34. The van der Waals surface area contributed by atoms with E-state index in [0.29, 0.717) is 19.4 Å². The zero-order valence-electron chi connectivity index (χ0n) is 10.2. The van der Waals surface area contributed by atoms with Crippen LogP contribution >= 0.6 is 0 Å². The number of nitrogens with zero attached hydrogens (tertiary/aromatic N) is 2. The van der Waals surface area contributed by atoms with Gasteiger partial charge in [-0.3, -0.25) is 4.79 Å². The van der Waals surface area contributed by atoms with Gasteiger partial charge in [0.05, 0.1) is 12.0 Å². The number of carboxylic acid groups (broad SMARTS) is 1. The second-order valence-corrected chi connectivity index (χ2v) is 4.58. The number of anilines is 1. The molecule has 0 spiro atoms. The third-order valence-electron chi connectivity index (χ3n) is 3.31. The van der Waals surface area contributed by atoms with Crippen LogP contribution < -0.4 is 4.90 Å². The summed E-state index contributed by atoms with van der Waals surface area (Å²) < 4.78 is 0. The molecule has 1 atom stereocenters. The molecule has 1 heterocycles. The van der Waals surface area contributed by atoms with Crippen LogP contribution in [0.25, 0.3) is 0 Å². The lowest BCUT2D eigenvalue weighted by molar-refractivity contribution is -0.141. The predicted molar refractivity (Wildman–Crippen MR) is 68.3 cm³/mol. The van der Waals surface area contributed by atoms with Crippen LogP contribution in [0.1, 0.15) is 18.4 Å². The zero-order valence-corrected chi connectivity index (χ0v) is 10.2. The van der Waals surface area contributed by atoms with Crippen molar-refractivity contribution in [1.82, 2.24) is 0 Å². The molecule has 0 aliphatic carbocycles. The Kier molecular flexibility index (Phi) is 3.83. The summed E-state index contributed by atoms with van der Waals surface area (Å²) in [6, 6.07) is 10.0. The first-order chi connectivity index (χ1) is 8.72. The molecule has 4 nitrogen and oxygen atoms in total. The SMILES string of the molecule is N#CCCCN1CC(C(=O)O)Cc2ccccc21. The van der Waals surface area contributed by atoms with E-state index in [1.165, 1.54) is 0 Å². The van der Waals surface area contributed by atoms with Crippen LogP contribution in [0.15, 0.2) is 24.3 Å². The highest BCUT2D eigenvalue weighted by Crippen LogP contribution is 2.29. The molecular weight excluding hydrogens is 228 g/mol. The number of fused-ring (bicyclic) bond motifs is 1. The molecule has 1 N–H and O–H groups in total. The molecule has 0 amide bonds. The molecule has 1 aliphatic heterocycles. The van der Waals surface area contributed by atoms with Crippen LogP contribution in [0.2, 0.25) is 0 Å². The van der Waals surface area contributed by atoms with Crippen LogP contribution in [0.3, 0.4) is 0 Å². The molecule has 94 valence electrons. The summed E-state index contributed by atoms with van der Waals surface area (Å²) in [5, 5.41) is 17.7. The van der Waals surface area contributed by atoms with Gasteiger partial charge < -0.3 is 10.0 Å². The fourth-order valence-corrected chi connectivity index (χ4v) is 2.41. The minimum Gasteiger partial charge on any atom is -0.481 e. The number of hydrogen-bond acceptors (Lipinski definition) is 3. The van der Waals surface area contributed by atoms with Gasteiger partial charge in [-0.2, -0.15) is 5.26 Å². The van der Waals surface area contributed by atoms with Gasteiger partial charge in [0.1, 0.15) is 0 Å². The summed E-state index contributed by atoms with van der Waals surface area (Å²) >= 11 is 0. The van der Waals surface area contributed by atoms with Gasteiger partial charge in [0.25, 0.3) is 0 Å². The van der Waals surface area contributed by atoms with Crippen molar-refractivity contribution < 1.29 is 9.90 Å². The van der Waals surface area contributed by atoms with Crippen molar-refractivity contribution in [2.24, 2.45) is 5.92 Å². The van der Waals surface area contributed by atoms with E-state index in [-0.39, 0.29) is 5.92 Å². The third kappa shape index (κ3) is 2.62. The van der Waals surface area contributed by atoms with Gasteiger partial charge in [0.2, 0.25) is 0 Å². The van der Waals surface area contributed by atoms with Crippen molar-refractivity contribution in [3.63, 3.8) is 0 Å². The van der Waals surface area contributed by atoms with Gasteiger partial charge in [-0.15, -0.1) is 0 Å². The number of hydrogen-bond donors (Lipinski definition) is 1. The maximum absolute atomic E-state index is 11.2. The van der Waals surface area contributed by atoms with Gasteiger partial charge in [0.15, 0.2) is 0 Å². The van der Waals surface area contributed by atoms with Gasteiger partial charge in [0, 0.05) is 25.2 Å².